The average Bonchev–Trinajstić information content (AvgIpc) is 2.91. The number of likely N-dealkylation sites (tertiary alicyclic amines) is 1. The highest BCUT2D eigenvalue weighted by atomic mass is 32.3. The monoisotopic (exact) mass is 521 g/mol. The molecule has 1 aliphatic heterocycles. The Kier molecular flexibility index (Phi) is 6.74. The predicted molar refractivity (Wildman–Crippen MR) is 139 cm³/mol. The Morgan fingerprint density at radius 1 is 1.05 bits per heavy atom. The first-order chi connectivity index (χ1) is 17.9. The van der Waals surface area contributed by atoms with Crippen molar-refractivity contribution in [1.29, 1.82) is 0 Å². The summed E-state index contributed by atoms with van der Waals surface area (Å²) in [5.41, 5.74) is 0.967. The summed E-state index contributed by atoms with van der Waals surface area (Å²) in [5.74, 6) is -1.39. The van der Waals surface area contributed by atoms with Crippen LogP contribution in [0, 0.1) is 5.82 Å². The molecule has 0 saturated carbocycles. The molecule has 4 aromatic rings. The largest absolute Gasteiger partial charge is 0.344 e. The third-order valence-corrected chi connectivity index (χ3v) is 7.91. The summed E-state index contributed by atoms with van der Waals surface area (Å²) in [6.07, 6.45) is 3.14. The fraction of sp³-hybridized carbons (Fsp3) is 0.154. The van der Waals surface area contributed by atoms with E-state index in [4.69, 9.17) is 4.18 Å². The molecule has 9 nitrogen and oxygen atoms in total. The molecule has 5 rings (SSSR count). The van der Waals surface area contributed by atoms with Gasteiger partial charge in [0.15, 0.2) is 0 Å². The van der Waals surface area contributed by atoms with Gasteiger partial charge in [0, 0.05) is 36.4 Å². The molecule has 3 heterocycles. The maximum absolute atomic E-state index is 15.1. The number of fused-ring (bicyclic) bond motifs is 1. The number of aromatic nitrogens is 2. The number of rotatable bonds is 7. The van der Waals surface area contributed by atoms with Crippen LogP contribution >= 0.6 is 10.8 Å². The molecule has 2 aromatic carbocycles. The zero-order valence-corrected chi connectivity index (χ0v) is 20.6. The van der Waals surface area contributed by atoms with Gasteiger partial charge in [0.1, 0.15) is 16.4 Å². The molecule has 1 atom stereocenters. The van der Waals surface area contributed by atoms with E-state index in [1.165, 1.54) is 30.3 Å². The van der Waals surface area contributed by atoms with Crippen molar-refractivity contribution in [3.63, 3.8) is 0 Å². The van der Waals surface area contributed by atoms with Crippen molar-refractivity contribution in [3.8, 4) is 0 Å². The molecular formula is C26H24FN5O4S. The summed E-state index contributed by atoms with van der Waals surface area (Å²) < 4.78 is 34.5. The fourth-order valence-electron chi connectivity index (χ4n) is 4.04. The van der Waals surface area contributed by atoms with Crippen molar-refractivity contribution >= 4 is 39.2 Å². The Morgan fingerprint density at radius 3 is 2.57 bits per heavy atom. The van der Waals surface area contributed by atoms with E-state index in [0.717, 1.165) is 11.5 Å². The molecule has 1 fully saturated rings. The highest BCUT2D eigenvalue weighted by molar-refractivity contribution is 8.26. The minimum Gasteiger partial charge on any atom is -0.344 e. The molecule has 0 aliphatic carbocycles. The van der Waals surface area contributed by atoms with Gasteiger partial charge in [0.05, 0.1) is 24.4 Å². The minimum absolute atomic E-state index is 0.0204. The number of hydrogen-bond donors (Lipinski definition) is 3. The number of para-hydroxylation sites is 1. The van der Waals surface area contributed by atoms with E-state index >= 15 is 4.39 Å². The lowest BCUT2D eigenvalue weighted by molar-refractivity contribution is 0.0541. The van der Waals surface area contributed by atoms with Gasteiger partial charge in [-0.3, -0.25) is 33.0 Å². The molecule has 0 radical (unpaired) electrons. The van der Waals surface area contributed by atoms with Crippen LogP contribution in [-0.4, -0.2) is 57.5 Å². The summed E-state index contributed by atoms with van der Waals surface area (Å²) in [7, 11) is -1.81. The molecule has 0 spiro atoms. The topological polar surface area (TPSA) is 117 Å². The van der Waals surface area contributed by atoms with Crippen molar-refractivity contribution in [2.45, 2.75) is 10.9 Å². The van der Waals surface area contributed by atoms with E-state index in [-0.39, 0.29) is 29.1 Å². The second-order valence-corrected chi connectivity index (χ2v) is 10.4. The zero-order valence-electron chi connectivity index (χ0n) is 19.8. The number of carbonyl (C=O) groups is 2. The number of pyridine rings is 2. The first-order valence-corrected chi connectivity index (χ1v) is 12.9. The maximum Gasteiger partial charge on any atom is 0.270 e. The lowest BCUT2D eigenvalue weighted by atomic mass is 10.1. The zero-order chi connectivity index (χ0) is 26.0. The Balaban J connectivity index is 1.26. The number of benzene rings is 2. The van der Waals surface area contributed by atoms with Gasteiger partial charge in [-0.2, -0.15) is 0 Å². The van der Waals surface area contributed by atoms with E-state index in [1.54, 1.807) is 42.6 Å². The van der Waals surface area contributed by atoms with Gasteiger partial charge in [0.2, 0.25) is 0 Å². The summed E-state index contributed by atoms with van der Waals surface area (Å²) >= 11 is 0. The predicted octanol–water partition coefficient (Wildman–Crippen LogP) is 4.25. The quantitative estimate of drug-likeness (QED) is 0.333. The molecule has 3 N–H and O–H groups in total. The molecule has 2 aromatic heterocycles. The van der Waals surface area contributed by atoms with Crippen molar-refractivity contribution in [3.05, 3.63) is 96.2 Å². The molecule has 37 heavy (non-hydrogen) atoms. The Labute approximate surface area is 214 Å². The molecule has 0 bridgehead atoms. The van der Waals surface area contributed by atoms with Gasteiger partial charge in [-0.15, -0.1) is 0 Å². The summed E-state index contributed by atoms with van der Waals surface area (Å²) in [6.45, 7) is 0.612. The highest BCUT2D eigenvalue weighted by Gasteiger charge is 2.33. The standard InChI is InChI=1S/C26H24FN5O4S/c1-36-37(35,23-9-4-6-17-7-5-13-29-24(17)23)31-21-11-10-18(14-20(21)27)26(34)32-15-19(16-32)30-25(33)22-8-2-3-12-28-22/h2-14,19,31,35H,15-16H2,1H3,(H,30,33). The van der Waals surface area contributed by atoms with Crippen LogP contribution in [0.4, 0.5) is 10.1 Å². The number of nitrogens with zero attached hydrogens (tertiary/aromatic N) is 3. The average molecular weight is 522 g/mol. The van der Waals surface area contributed by atoms with Crippen LogP contribution in [0.2, 0.25) is 0 Å². The second-order valence-electron chi connectivity index (χ2n) is 8.42. The molecule has 1 aliphatic rings. The van der Waals surface area contributed by atoms with E-state index in [1.807, 2.05) is 12.1 Å². The molecular weight excluding hydrogens is 497 g/mol. The van der Waals surface area contributed by atoms with Crippen molar-refractivity contribution in [2.24, 2.45) is 0 Å². The van der Waals surface area contributed by atoms with Gasteiger partial charge in [-0.25, -0.2) is 4.39 Å². The van der Waals surface area contributed by atoms with Crippen LogP contribution in [0.5, 0.6) is 0 Å². The summed E-state index contributed by atoms with van der Waals surface area (Å²) in [4.78, 5) is 35.3. The Bertz CT molecular complexity index is 1460. The Morgan fingerprint density at radius 2 is 1.84 bits per heavy atom. The van der Waals surface area contributed by atoms with E-state index in [0.29, 0.717) is 29.2 Å². The lowest BCUT2D eigenvalue weighted by Gasteiger charge is -2.39. The fourth-order valence-corrected chi connectivity index (χ4v) is 5.57. The van der Waals surface area contributed by atoms with E-state index < -0.39 is 16.6 Å². The smallest absolute Gasteiger partial charge is 0.270 e. The summed E-state index contributed by atoms with van der Waals surface area (Å²) in [5, 5.41) is 3.63. The Hall–Kier alpha value is -4.06. The van der Waals surface area contributed by atoms with Gasteiger partial charge in [-0.05, 0) is 42.5 Å². The first kappa shape index (κ1) is 24.6. The number of nitrogens with one attached hydrogen (secondary N) is 2. The molecule has 11 heteroatoms. The van der Waals surface area contributed by atoms with Crippen molar-refractivity contribution in [1.82, 2.24) is 20.2 Å². The third-order valence-electron chi connectivity index (χ3n) is 6.00. The number of anilines is 1. The van der Waals surface area contributed by atoms with Crippen LogP contribution in [0.25, 0.3) is 10.9 Å². The van der Waals surface area contributed by atoms with Gasteiger partial charge in [0.25, 0.3) is 11.8 Å². The van der Waals surface area contributed by atoms with Gasteiger partial charge in [-0.1, -0.05) is 35.0 Å². The highest BCUT2D eigenvalue weighted by Crippen LogP contribution is 2.54. The van der Waals surface area contributed by atoms with E-state index in [9.17, 15) is 14.1 Å². The van der Waals surface area contributed by atoms with Crippen LogP contribution in [0.15, 0.2) is 84.0 Å². The number of halogens is 1. The first-order valence-electron chi connectivity index (χ1n) is 11.4. The molecule has 1 saturated heterocycles. The van der Waals surface area contributed by atoms with Crippen LogP contribution < -0.4 is 10.0 Å². The molecule has 1 unspecified atom stereocenters. The van der Waals surface area contributed by atoms with Crippen LogP contribution in [-0.2, 0) is 4.18 Å². The lowest BCUT2D eigenvalue weighted by Crippen LogP contribution is -2.61. The van der Waals surface area contributed by atoms with Crippen molar-refractivity contribution < 1.29 is 22.7 Å². The number of carbonyl (C=O) groups excluding carboxylic acids is 2. The number of amides is 2. The normalized spacial score (nSPS) is 15.9. The van der Waals surface area contributed by atoms with Crippen LogP contribution in [0.3, 0.4) is 0 Å². The van der Waals surface area contributed by atoms with E-state index in [2.05, 4.69) is 20.0 Å². The SMILES string of the molecule is COS(O)(Nc1ccc(C(=O)N2CC(NC(=O)c3ccccn3)C2)cc1F)c1cccc2cccnc12. The molecule has 190 valence electrons. The third kappa shape index (κ3) is 4.96. The minimum atomic E-state index is -3.14. The maximum atomic E-state index is 15.1. The number of hydrogen-bond acceptors (Lipinski definition) is 7. The summed E-state index contributed by atoms with van der Waals surface area (Å²) in [6, 6.07) is 17.7. The second kappa shape index (κ2) is 10.1. The van der Waals surface area contributed by atoms with Crippen molar-refractivity contribution in [2.75, 3.05) is 24.9 Å². The van der Waals surface area contributed by atoms with Crippen LogP contribution in [0.1, 0.15) is 20.8 Å². The van der Waals surface area contributed by atoms with Gasteiger partial charge < -0.3 is 10.2 Å². The molecule has 2 amide bonds. The van der Waals surface area contributed by atoms with Gasteiger partial charge >= 0.3 is 0 Å².